The molecule has 0 unspecified atom stereocenters. The number of nitriles is 1. The van der Waals surface area contributed by atoms with Gasteiger partial charge in [-0.1, -0.05) is 11.8 Å². The van der Waals surface area contributed by atoms with E-state index in [2.05, 4.69) is 11.1 Å². The number of aliphatic carboxylic acids is 1. The first-order valence-electron chi connectivity index (χ1n) is 4.83. The van der Waals surface area contributed by atoms with Crippen LogP contribution in [-0.2, 0) is 11.8 Å². The second-order valence-electron chi connectivity index (χ2n) is 3.45. The number of carboxylic acid groups (broad SMARTS) is 1. The summed E-state index contributed by atoms with van der Waals surface area (Å²) in [6, 6.07) is 7.27. The van der Waals surface area contributed by atoms with Crippen LogP contribution in [0.4, 0.5) is 0 Å². The summed E-state index contributed by atoms with van der Waals surface area (Å²) in [6.07, 6.45) is 0. The minimum atomic E-state index is -0.875. The van der Waals surface area contributed by atoms with Crippen LogP contribution >= 0.6 is 11.8 Å². The summed E-state index contributed by atoms with van der Waals surface area (Å²) in [5.41, 5.74) is 2.16. The standard InChI is InChI=1S/C11H9N3O2S/c1-14-9-4-7(5-12)2-3-8(9)13-11(14)17-6-10(15)16/h2-4H,6H2,1H3,(H,15,16). The van der Waals surface area contributed by atoms with Crippen molar-refractivity contribution in [3.63, 3.8) is 0 Å². The predicted molar refractivity (Wildman–Crippen MR) is 63.8 cm³/mol. The first-order chi connectivity index (χ1) is 8.11. The average Bonchev–Trinajstić information content (AvgIpc) is 2.63. The molecule has 86 valence electrons. The third-order valence-electron chi connectivity index (χ3n) is 2.29. The fourth-order valence-electron chi connectivity index (χ4n) is 1.49. The monoisotopic (exact) mass is 247 g/mol. The minimum Gasteiger partial charge on any atom is -0.481 e. The van der Waals surface area contributed by atoms with Gasteiger partial charge in [-0.15, -0.1) is 0 Å². The van der Waals surface area contributed by atoms with E-state index in [1.54, 1.807) is 29.8 Å². The number of rotatable bonds is 3. The van der Waals surface area contributed by atoms with Crippen LogP contribution in [0.25, 0.3) is 11.0 Å². The molecule has 0 amide bonds. The van der Waals surface area contributed by atoms with E-state index in [1.165, 1.54) is 0 Å². The quantitative estimate of drug-likeness (QED) is 0.834. The van der Waals surface area contributed by atoms with Crippen LogP contribution in [0.2, 0.25) is 0 Å². The molecule has 5 nitrogen and oxygen atoms in total. The lowest BCUT2D eigenvalue weighted by Gasteiger charge is -1.99. The molecule has 0 atom stereocenters. The molecule has 0 aliphatic carbocycles. The highest BCUT2D eigenvalue weighted by molar-refractivity contribution is 7.99. The highest BCUT2D eigenvalue weighted by atomic mass is 32.2. The van der Waals surface area contributed by atoms with Crippen molar-refractivity contribution in [1.29, 1.82) is 5.26 Å². The first kappa shape index (κ1) is 11.5. The molecule has 0 bridgehead atoms. The molecule has 6 heteroatoms. The van der Waals surface area contributed by atoms with Gasteiger partial charge in [-0.05, 0) is 18.2 Å². The van der Waals surface area contributed by atoms with Crippen LogP contribution in [0, 0.1) is 11.3 Å². The zero-order valence-corrected chi connectivity index (χ0v) is 9.86. The Bertz CT molecular complexity index is 627. The summed E-state index contributed by atoms with van der Waals surface area (Å²) in [4.78, 5) is 14.8. The van der Waals surface area contributed by atoms with E-state index in [1.807, 2.05) is 0 Å². The molecule has 0 saturated heterocycles. The minimum absolute atomic E-state index is 0.0255. The first-order valence-corrected chi connectivity index (χ1v) is 5.81. The lowest BCUT2D eigenvalue weighted by atomic mass is 10.2. The number of fused-ring (bicyclic) bond motifs is 1. The lowest BCUT2D eigenvalue weighted by Crippen LogP contribution is -2.00. The number of imidazole rings is 1. The maximum Gasteiger partial charge on any atom is 0.313 e. The second-order valence-corrected chi connectivity index (χ2v) is 4.39. The maximum absolute atomic E-state index is 10.5. The summed E-state index contributed by atoms with van der Waals surface area (Å²) < 4.78 is 1.80. The Morgan fingerprint density at radius 1 is 1.65 bits per heavy atom. The molecule has 1 heterocycles. The second kappa shape index (κ2) is 4.47. The van der Waals surface area contributed by atoms with Crippen molar-refractivity contribution in [3.05, 3.63) is 23.8 Å². The van der Waals surface area contributed by atoms with Crippen molar-refractivity contribution >= 4 is 28.8 Å². The van der Waals surface area contributed by atoms with Crippen LogP contribution < -0.4 is 0 Å². The molecule has 0 aliphatic heterocycles. The molecule has 0 aliphatic rings. The Morgan fingerprint density at radius 2 is 2.41 bits per heavy atom. The Kier molecular flexibility index (Phi) is 3.02. The summed E-state index contributed by atoms with van der Waals surface area (Å²) in [5, 5.41) is 18.1. The van der Waals surface area contributed by atoms with E-state index in [-0.39, 0.29) is 5.75 Å². The fourth-order valence-corrected chi connectivity index (χ4v) is 2.20. The van der Waals surface area contributed by atoms with Crippen LogP contribution in [0.1, 0.15) is 5.56 Å². The van der Waals surface area contributed by atoms with Gasteiger partial charge >= 0.3 is 5.97 Å². The van der Waals surface area contributed by atoms with Gasteiger partial charge in [0, 0.05) is 7.05 Å². The Balaban J connectivity index is 2.43. The average molecular weight is 247 g/mol. The number of hydrogen-bond acceptors (Lipinski definition) is 4. The van der Waals surface area contributed by atoms with E-state index < -0.39 is 5.97 Å². The van der Waals surface area contributed by atoms with Crippen molar-refractivity contribution in [2.75, 3.05) is 5.75 Å². The van der Waals surface area contributed by atoms with Crippen LogP contribution in [-0.4, -0.2) is 26.4 Å². The van der Waals surface area contributed by atoms with Gasteiger partial charge in [0.15, 0.2) is 5.16 Å². The normalized spacial score (nSPS) is 10.4. The maximum atomic E-state index is 10.5. The molecular formula is C11H9N3O2S. The van der Waals surface area contributed by atoms with Crippen molar-refractivity contribution in [2.24, 2.45) is 7.05 Å². The highest BCUT2D eigenvalue weighted by Crippen LogP contribution is 2.23. The Morgan fingerprint density at radius 3 is 3.06 bits per heavy atom. The Labute approximate surface area is 102 Å². The van der Waals surface area contributed by atoms with Crippen LogP contribution in [0.3, 0.4) is 0 Å². The van der Waals surface area contributed by atoms with Gasteiger partial charge < -0.3 is 9.67 Å². The molecule has 2 aromatic rings. The molecule has 17 heavy (non-hydrogen) atoms. The van der Waals surface area contributed by atoms with Gasteiger partial charge in [-0.25, -0.2) is 4.98 Å². The topological polar surface area (TPSA) is 78.9 Å². The third-order valence-corrected chi connectivity index (χ3v) is 3.31. The molecule has 0 radical (unpaired) electrons. The number of carbonyl (C=O) groups is 1. The number of aryl methyl sites for hydroxylation is 1. The van der Waals surface area contributed by atoms with Crippen molar-refractivity contribution in [3.8, 4) is 6.07 Å². The molecule has 1 aromatic heterocycles. The smallest absolute Gasteiger partial charge is 0.313 e. The van der Waals surface area contributed by atoms with E-state index in [0.29, 0.717) is 10.7 Å². The molecule has 1 N–H and O–H groups in total. The summed E-state index contributed by atoms with van der Waals surface area (Å²) >= 11 is 1.16. The van der Waals surface area contributed by atoms with Crippen molar-refractivity contribution in [2.45, 2.75) is 5.16 Å². The molecule has 0 fully saturated rings. The SMILES string of the molecule is Cn1c(SCC(=O)O)nc2ccc(C#N)cc21. The fraction of sp³-hybridized carbons (Fsp3) is 0.182. The van der Waals surface area contributed by atoms with Gasteiger partial charge in [0.05, 0.1) is 28.4 Å². The number of nitrogens with zero attached hydrogens (tertiary/aromatic N) is 3. The van der Waals surface area contributed by atoms with E-state index >= 15 is 0 Å². The van der Waals surface area contributed by atoms with Gasteiger partial charge in [0.1, 0.15) is 0 Å². The van der Waals surface area contributed by atoms with E-state index in [9.17, 15) is 4.79 Å². The summed E-state index contributed by atoms with van der Waals surface area (Å²) in [5.74, 6) is -0.901. The number of aromatic nitrogens is 2. The zero-order valence-electron chi connectivity index (χ0n) is 9.04. The van der Waals surface area contributed by atoms with E-state index in [0.717, 1.165) is 22.8 Å². The molecular weight excluding hydrogens is 238 g/mol. The number of benzene rings is 1. The summed E-state index contributed by atoms with van der Waals surface area (Å²) in [7, 11) is 1.81. The molecule has 0 saturated carbocycles. The molecule has 1 aromatic carbocycles. The van der Waals surface area contributed by atoms with Crippen LogP contribution in [0.5, 0.6) is 0 Å². The van der Waals surface area contributed by atoms with E-state index in [4.69, 9.17) is 10.4 Å². The van der Waals surface area contributed by atoms with Gasteiger partial charge in [0.25, 0.3) is 0 Å². The third kappa shape index (κ3) is 2.24. The number of hydrogen-bond donors (Lipinski definition) is 1. The number of thioether (sulfide) groups is 1. The van der Waals surface area contributed by atoms with Gasteiger partial charge in [-0.3, -0.25) is 4.79 Å². The van der Waals surface area contributed by atoms with Crippen molar-refractivity contribution in [1.82, 2.24) is 9.55 Å². The molecule has 2 rings (SSSR count). The predicted octanol–water partition coefficient (Wildman–Crippen LogP) is 1.62. The lowest BCUT2D eigenvalue weighted by molar-refractivity contribution is -0.133. The van der Waals surface area contributed by atoms with Crippen LogP contribution in [0.15, 0.2) is 23.4 Å². The largest absolute Gasteiger partial charge is 0.481 e. The Hall–Kier alpha value is -2.00. The number of carboxylic acids is 1. The van der Waals surface area contributed by atoms with Gasteiger partial charge in [0.2, 0.25) is 0 Å². The van der Waals surface area contributed by atoms with Crippen molar-refractivity contribution < 1.29 is 9.90 Å². The van der Waals surface area contributed by atoms with Gasteiger partial charge in [-0.2, -0.15) is 5.26 Å². The molecule has 0 spiro atoms. The zero-order chi connectivity index (χ0) is 12.4. The summed E-state index contributed by atoms with van der Waals surface area (Å²) in [6.45, 7) is 0. The highest BCUT2D eigenvalue weighted by Gasteiger charge is 2.10.